The fourth-order valence-corrected chi connectivity index (χ4v) is 1.54. The summed E-state index contributed by atoms with van der Waals surface area (Å²) in [6.07, 6.45) is 2.42. The van der Waals surface area contributed by atoms with Gasteiger partial charge in [-0.1, -0.05) is 18.2 Å². The van der Waals surface area contributed by atoms with Crippen molar-refractivity contribution in [2.45, 2.75) is 13.3 Å². The molecule has 86 valence electrons. The molecule has 0 aliphatic carbocycles. The van der Waals surface area contributed by atoms with Crippen LogP contribution in [0.3, 0.4) is 0 Å². The number of carbonyl (C=O) groups excluding carboxylic acids is 2. The van der Waals surface area contributed by atoms with Crippen LogP contribution in [0, 0.1) is 0 Å². The van der Waals surface area contributed by atoms with Gasteiger partial charge in [0.25, 0.3) is 0 Å². The van der Waals surface area contributed by atoms with E-state index in [0.29, 0.717) is 24.2 Å². The molecule has 2 aromatic rings. The molecular formula is C13H11NO3. The lowest BCUT2D eigenvalue weighted by Gasteiger charge is -2.00. The van der Waals surface area contributed by atoms with E-state index in [1.165, 1.54) is 13.2 Å². The summed E-state index contributed by atoms with van der Waals surface area (Å²) < 4.78 is 5.13. The number of rotatable bonds is 4. The van der Waals surface area contributed by atoms with Gasteiger partial charge in [-0.15, -0.1) is 0 Å². The number of ketones is 1. The normalized spacial score (nSPS) is 10.2. The maximum absolute atomic E-state index is 11.2. The monoisotopic (exact) mass is 229 g/mol. The van der Waals surface area contributed by atoms with Crippen LogP contribution in [-0.4, -0.2) is 17.1 Å². The summed E-state index contributed by atoms with van der Waals surface area (Å²) in [5.41, 5.74) is 1.87. The first kappa shape index (κ1) is 11.3. The van der Waals surface area contributed by atoms with Gasteiger partial charge in [-0.2, -0.15) is 0 Å². The van der Waals surface area contributed by atoms with Gasteiger partial charge in [-0.05, 0) is 18.6 Å². The Hall–Kier alpha value is -2.23. The van der Waals surface area contributed by atoms with Crippen molar-refractivity contribution < 1.29 is 14.0 Å². The Morgan fingerprint density at radius 1 is 1.47 bits per heavy atom. The first-order valence-electron chi connectivity index (χ1n) is 5.18. The van der Waals surface area contributed by atoms with Crippen LogP contribution in [0.5, 0.6) is 0 Å². The zero-order chi connectivity index (χ0) is 12.3. The molecule has 4 heteroatoms. The lowest BCUT2D eigenvalue weighted by atomic mass is 10.1. The molecule has 17 heavy (non-hydrogen) atoms. The summed E-state index contributed by atoms with van der Waals surface area (Å²) in [6.45, 7) is 1.52. The molecule has 0 N–H and O–H groups in total. The highest BCUT2D eigenvalue weighted by atomic mass is 16.3. The van der Waals surface area contributed by atoms with Gasteiger partial charge in [0.1, 0.15) is 12.0 Å². The Morgan fingerprint density at radius 3 is 2.94 bits per heavy atom. The van der Waals surface area contributed by atoms with E-state index in [2.05, 4.69) is 4.98 Å². The summed E-state index contributed by atoms with van der Waals surface area (Å²) in [7, 11) is 0. The van der Waals surface area contributed by atoms with Crippen molar-refractivity contribution in [3.63, 3.8) is 0 Å². The summed E-state index contributed by atoms with van der Waals surface area (Å²) in [4.78, 5) is 25.6. The lowest BCUT2D eigenvalue weighted by molar-refractivity contribution is 0.101. The average Bonchev–Trinajstić information content (AvgIpc) is 2.77. The third-order valence-corrected chi connectivity index (χ3v) is 2.38. The van der Waals surface area contributed by atoms with Gasteiger partial charge in [0.05, 0.1) is 0 Å². The van der Waals surface area contributed by atoms with Crippen molar-refractivity contribution in [2.75, 3.05) is 0 Å². The van der Waals surface area contributed by atoms with Crippen molar-refractivity contribution in [2.24, 2.45) is 0 Å². The van der Waals surface area contributed by atoms with Gasteiger partial charge in [0.2, 0.25) is 0 Å². The minimum absolute atomic E-state index is 0.0211. The van der Waals surface area contributed by atoms with Crippen LogP contribution >= 0.6 is 0 Å². The molecule has 0 fully saturated rings. The van der Waals surface area contributed by atoms with E-state index < -0.39 is 0 Å². The Labute approximate surface area is 98.3 Å². The molecule has 0 unspecified atom stereocenters. The Bertz CT molecular complexity index is 557. The number of carbonyl (C=O) groups is 2. The van der Waals surface area contributed by atoms with E-state index in [-0.39, 0.29) is 11.5 Å². The SMILES string of the molecule is CC(=O)c1cccc(Cc2nc(C=O)co2)c1. The van der Waals surface area contributed by atoms with E-state index in [9.17, 15) is 9.59 Å². The molecule has 0 saturated carbocycles. The van der Waals surface area contributed by atoms with Gasteiger partial charge in [-0.3, -0.25) is 9.59 Å². The first-order valence-corrected chi connectivity index (χ1v) is 5.18. The van der Waals surface area contributed by atoms with E-state index >= 15 is 0 Å². The van der Waals surface area contributed by atoms with Crippen LogP contribution in [-0.2, 0) is 6.42 Å². The summed E-state index contributed by atoms with van der Waals surface area (Å²) in [6, 6.07) is 7.26. The van der Waals surface area contributed by atoms with E-state index in [0.717, 1.165) is 5.56 Å². The molecule has 1 heterocycles. The summed E-state index contributed by atoms with van der Waals surface area (Å²) in [5.74, 6) is 0.487. The molecule has 0 aliphatic heterocycles. The van der Waals surface area contributed by atoms with Gasteiger partial charge in [0.15, 0.2) is 18.0 Å². The van der Waals surface area contributed by atoms with Gasteiger partial charge in [-0.25, -0.2) is 4.98 Å². The number of aldehydes is 1. The van der Waals surface area contributed by atoms with Crippen molar-refractivity contribution in [1.82, 2.24) is 4.98 Å². The molecule has 1 aromatic heterocycles. The third kappa shape index (κ3) is 2.66. The molecule has 1 aromatic carbocycles. The van der Waals surface area contributed by atoms with Crippen LogP contribution < -0.4 is 0 Å². The highest BCUT2D eigenvalue weighted by molar-refractivity contribution is 5.94. The van der Waals surface area contributed by atoms with Gasteiger partial charge >= 0.3 is 0 Å². The fraction of sp³-hybridized carbons (Fsp3) is 0.154. The Balaban J connectivity index is 2.20. The molecule has 0 atom stereocenters. The molecule has 0 saturated heterocycles. The van der Waals surface area contributed by atoms with E-state index in [1.54, 1.807) is 12.1 Å². The second-order valence-electron chi connectivity index (χ2n) is 3.72. The molecule has 0 aliphatic rings. The van der Waals surface area contributed by atoms with Crippen molar-refractivity contribution in [3.05, 3.63) is 53.2 Å². The fourth-order valence-electron chi connectivity index (χ4n) is 1.54. The van der Waals surface area contributed by atoms with Crippen LogP contribution in [0.2, 0.25) is 0 Å². The third-order valence-electron chi connectivity index (χ3n) is 2.38. The molecule has 4 nitrogen and oxygen atoms in total. The molecule has 0 spiro atoms. The Morgan fingerprint density at radius 2 is 2.29 bits per heavy atom. The highest BCUT2D eigenvalue weighted by Gasteiger charge is 2.06. The second kappa shape index (κ2) is 4.74. The van der Waals surface area contributed by atoms with E-state index in [1.807, 2.05) is 12.1 Å². The first-order chi connectivity index (χ1) is 8.19. The zero-order valence-electron chi connectivity index (χ0n) is 9.34. The Kier molecular flexibility index (Phi) is 3.14. The standard InChI is InChI=1S/C13H11NO3/c1-9(16)11-4-2-3-10(5-11)6-13-14-12(7-15)8-17-13/h2-5,7-8H,6H2,1H3. The number of oxazole rings is 1. The maximum Gasteiger partial charge on any atom is 0.199 e. The average molecular weight is 229 g/mol. The quantitative estimate of drug-likeness (QED) is 0.596. The van der Waals surface area contributed by atoms with Crippen molar-refractivity contribution in [3.8, 4) is 0 Å². The highest BCUT2D eigenvalue weighted by Crippen LogP contribution is 2.11. The smallest absolute Gasteiger partial charge is 0.199 e. The molecule has 0 amide bonds. The zero-order valence-corrected chi connectivity index (χ0v) is 9.34. The van der Waals surface area contributed by atoms with Crippen LogP contribution in [0.15, 0.2) is 34.9 Å². The summed E-state index contributed by atoms with van der Waals surface area (Å²) in [5, 5.41) is 0. The van der Waals surface area contributed by atoms with Crippen molar-refractivity contribution >= 4 is 12.1 Å². The van der Waals surface area contributed by atoms with E-state index in [4.69, 9.17) is 4.42 Å². The lowest BCUT2D eigenvalue weighted by Crippen LogP contribution is -1.95. The van der Waals surface area contributed by atoms with Gasteiger partial charge in [0, 0.05) is 12.0 Å². The number of benzene rings is 1. The maximum atomic E-state index is 11.2. The van der Waals surface area contributed by atoms with Crippen LogP contribution in [0.25, 0.3) is 0 Å². The number of Topliss-reactive ketones (excluding diaryl/α,β-unsaturated/α-hetero) is 1. The largest absolute Gasteiger partial charge is 0.448 e. The number of hydrogen-bond donors (Lipinski definition) is 0. The predicted octanol–water partition coefficient (Wildman–Crippen LogP) is 2.28. The minimum atomic E-state index is 0.0211. The molecule has 0 bridgehead atoms. The number of aromatic nitrogens is 1. The second-order valence-corrected chi connectivity index (χ2v) is 3.72. The van der Waals surface area contributed by atoms with Crippen LogP contribution in [0.1, 0.15) is 39.2 Å². The molecule has 0 radical (unpaired) electrons. The van der Waals surface area contributed by atoms with Crippen LogP contribution in [0.4, 0.5) is 0 Å². The molecular weight excluding hydrogens is 218 g/mol. The topological polar surface area (TPSA) is 60.2 Å². The summed E-state index contributed by atoms with van der Waals surface area (Å²) >= 11 is 0. The van der Waals surface area contributed by atoms with Gasteiger partial charge < -0.3 is 4.42 Å². The number of hydrogen-bond acceptors (Lipinski definition) is 4. The number of nitrogens with zero attached hydrogens (tertiary/aromatic N) is 1. The minimum Gasteiger partial charge on any atom is -0.448 e. The predicted molar refractivity (Wildman–Crippen MR) is 61.1 cm³/mol. The van der Waals surface area contributed by atoms with Crippen molar-refractivity contribution in [1.29, 1.82) is 0 Å². The molecule has 2 rings (SSSR count).